The number of alkyl carbamates (subject to hydrolysis) is 1. The topological polar surface area (TPSA) is 177 Å². The van der Waals surface area contributed by atoms with E-state index in [-0.39, 0.29) is 27.8 Å². The molecule has 2 aromatic carbocycles. The molecule has 2 heterocycles. The van der Waals surface area contributed by atoms with E-state index < -0.39 is 73.8 Å². The van der Waals surface area contributed by atoms with E-state index in [4.69, 9.17) is 17.0 Å². The average Bonchev–Trinajstić information content (AvgIpc) is 3.66. The number of likely N-dealkylation sites (N-methyl/N-ethyl adjacent to an activating group) is 1. The maximum Gasteiger partial charge on any atom is 0.407 e. The number of aromatic nitrogens is 1. The summed E-state index contributed by atoms with van der Waals surface area (Å²) < 4.78 is 23.9. The van der Waals surface area contributed by atoms with Gasteiger partial charge in [0, 0.05) is 42.4 Å². The molecule has 4 amide bonds. The number of benzene rings is 2. The number of unbranched alkanes of at least 4 members (excludes halogenated alkanes) is 1. The highest BCUT2D eigenvalue weighted by atomic mass is 127. The number of cyclic esters (lactones) is 1. The first-order valence-electron chi connectivity index (χ1n) is 23.6. The zero-order valence-electron chi connectivity index (χ0n) is 41.5. The number of hydrogen-bond acceptors (Lipinski definition) is 9. The number of fused-ring (bicyclic) bond motifs is 1. The Bertz CT molecular complexity index is 2140. The van der Waals surface area contributed by atoms with E-state index in [1.807, 2.05) is 74.7 Å². The van der Waals surface area contributed by atoms with Gasteiger partial charge in [-0.3, -0.25) is 19.2 Å². The van der Waals surface area contributed by atoms with E-state index in [1.54, 1.807) is 50.8 Å². The minimum Gasteiger partial charge on any atom is -0.543 e. The minimum absolute atomic E-state index is 0.154. The monoisotopic (exact) mass is 1080 g/mol. The highest BCUT2D eigenvalue weighted by molar-refractivity contribution is 14.1. The van der Waals surface area contributed by atoms with Crippen molar-refractivity contribution in [2.75, 3.05) is 13.6 Å². The predicted molar refractivity (Wildman–Crippen MR) is 278 cm³/mol. The number of ether oxygens (including phenoxy) is 2. The van der Waals surface area contributed by atoms with Crippen LogP contribution in [0, 0.1) is 0 Å². The molecule has 0 bridgehead atoms. The summed E-state index contributed by atoms with van der Waals surface area (Å²) in [5.74, 6) is -2.21. The molecule has 3 aromatic rings. The zero-order chi connectivity index (χ0) is 49.6. The molecule has 17 heteroatoms. The van der Waals surface area contributed by atoms with E-state index >= 15 is 4.79 Å². The lowest BCUT2D eigenvalue weighted by molar-refractivity contribution is -0.149. The van der Waals surface area contributed by atoms with Crippen molar-refractivity contribution in [3.63, 3.8) is 0 Å². The Morgan fingerprint density at radius 1 is 0.940 bits per heavy atom. The van der Waals surface area contributed by atoms with Gasteiger partial charge in [-0.15, -0.1) is 0 Å². The van der Waals surface area contributed by atoms with Gasteiger partial charge in [0.25, 0.3) is 14.2 Å². The summed E-state index contributed by atoms with van der Waals surface area (Å²) >= 11 is 1.71. The molecule has 0 saturated carbocycles. The van der Waals surface area contributed by atoms with Gasteiger partial charge in [0.2, 0.25) is 11.8 Å². The first-order valence-corrected chi connectivity index (χ1v) is 27.7. The van der Waals surface area contributed by atoms with E-state index in [1.165, 1.54) is 4.90 Å². The van der Waals surface area contributed by atoms with Crippen LogP contribution >= 0.6 is 31.6 Å². The molecule has 4 rings (SSSR count). The number of aromatic amines is 1. The number of rotatable bonds is 14. The number of carbonyl (C=O) groups excluding carboxylic acids is 5. The lowest BCUT2D eigenvalue weighted by Crippen LogP contribution is -2.55. The van der Waals surface area contributed by atoms with Crippen molar-refractivity contribution >= 4 is 85.9 Å². The number of carbonyl (C=O) groups is 5. The summed E-state index contributed by atoms with van der Waals surface area (Å²) in [6.45, 7) is 22.8. The molecule has 370 valence electrons. The van der Waals surface area contributed by atoms with Crippen LogP contribution in [-0.4, -0.2) is 91.2 Å². The SMILES string of the molecule is C/C1=C\CC[C@H](C)OC(=O)C[C@H](c2ccc(O[Si](C(C)C)(C(C)C)C(C)C)cc2)NC(=O)[C@@H](Pc2c[nH]c3ccccc23)N(C)C(=O)[C@H](CCCCNC(=O)OC(C)(C)C)NC(=O)[C@@H](OI)C1. The quantitative estimate of drug-likeness (QED) is 0.0306. The molecule has 0 radical (unpaired) electrons. The number of H-pyrrole nitrogens is 1. The lowest BCUT2D eigenvalue weighted by atomic mass is 10.0. The van der Waals surface area contributed by atoms with Crippen LogP contribution in [0.15, 0.2) is 66.4 Å². The first kappa shape index (κ1) is 55.6. The van der Waals surface area contributed by atoms with E-state index in [0.29, 0.717) is 54.4 Å². The first-order chi connectivity index (χ1) is 31.6. The van der Waals surface area contributed by atoms with Crippen LogP contribution in [-0.2, 0) is 31.7 Å². The van der Waals surface area contributed by atoms with Crippen molar-refractivity contribution in [1.82, 2.24) is 25.8 Å². The van der Waals surface area contributed by atoms with Crippen molar-refractivity contribution < 1.29 is 40.9 Å². The highest BCUT2D eigenvalue weighted by Crippen LogP contribution is 2.43. The number of esters is 1. The molecule has 0 aliphatic carbocycles. The van der Waals surface area contributed by atoms with E-state index in [2.05, 4.69) is 62.5 Å². The van der Waals surface area contributed by atoms with Crippen LogP contribution in [0.2, 0.25) is 16.6 Å². The summed E-state index contributed by atoms with van der Waals surface area (Å²) in [6.07, 6.45) is 4.38. The third kappa shape index (κ3) is 16.0. The second-order valence-corrected chi connectivity index (χ2v) is 27.0. The summed E-state index contributed by atoms with van der Waals surface area (Å²) in [4.78, 5) is 74.8. The van der Waals surface area contributed by atoms with Gasteiger partial charge in [0.05, 0.1) is 18.6 Å². The fourth-order valence-corrected chi connectivity index (χ4v) is 16.0. The molecule has 0 spiro atoms. The standard InChI is InChI=1S/C50H75IN5O9PSi/c1-31(2)67(32(3)4,33(5)6)65-37-25-23-36(24-26-37)41-29-44(57)62-35(8)19-17-18-34(7)28-42(64-51)45(58)54-40(22-15-16-27-52-49(61)63-50(9,10)11)47(60)56(12)48(46(59)55-41)66-43-30-53-39-21-14-13-20-38(39)43/h13-14,18,20-21,23-26,30-33,35,40-42,48,53,66H,15-17,19,22,27-29H2,1-12H3,(H,52,61)(H,54,58)(H,55,59)/b34-18+/t35-,40-,41+,42-,48+/m0/s1. The Morgan fingerprint density at radius 3 is 2.22 bits per heavy atom. The molecule has 4 N–H and O–H groups in total. The third-order valence-electron chi connectivity index (χ3n) is 12.3. The van der Waals surface area contributed by atoms with Crippen LogP contribution in [0.3, 0.4) is 0 Å². The number of para-hydroxylation sites is 1. The number of nitrogens with one attached hydrogen (secondary N) is 4. The Balaban J connectivity index is 1.76. The van der Waals surface area contributed by atoms with E-state index in [0.717, 1.165) is 27.5 Å². The number of halogens is 1. The number of allylic oxidation sites excluding steroid dienone is 1. The summed E-state index contributed by atoms with van der Waals surface area (Å²) in [7, 11) is -0.941. The summed E-state index contributed by atoms with van der Waals surface area (Å²) in [5, 5.41) is 10.6. The molecule has 1 unspecified atom stereocenters. The smallest absolute Gasteiger partial charge is 0.407 e. The maximum absolute atomic E-state index is 15.0. The normalized spacial score (nSPS) is 22.2. The number of hydrogen-bond donors (Lipinski definition) is 4. The molecule has 0 fully saturated rings. The summed E-state index contributed by atoms with van der Waals surface area (Å²) in [6, 6.07) is 13.5. The van der Waals surface area contributed by atoms with Gasteiger partial charge >= 0.3 is 12.1 Å². The Morgan fingerprint density at radius 2 is 1.60 bits per heavy atom. The van der Waals surface area contributed by atoms with Gasteiger partial charge < -0.3 is 42.8 Å². The molecule has 6 atom stereocenters. The van der Waals surface area contributed by atoms with Gasteiger partial charge in [-0.2, -0.15) is 0 Å². The van der Waals surface area contributed by atoms with Crippen molar-refractivity contribution in [3.8, 4) is 5.75 Å². The maximum atomic E-state index is 15.0. The van der Waals surface area contributed by atoms with Gasteiger partial charge in [-0.05, 0) is 107 Å². The van der Waals surface area contributed by atoms with Crippen LogP contribution in [0.25, 0.3) is 10.9 Å². The van der Waals surface area contributed by atoms with Crippen LogP contribution in [0.4, 0.5) is 4.79 Å². The van der Waals surface area contributed by atoms with E-state index in [9.17, 15) is 19.2 Å². The van der Waals surface area contributed by atoms with Gasteiger partial charge in [-0.1, -0.05) is 92.1 Å². The fraction of sp³-hybridized carbons (Fsp3) is 0.580. The third-order valence-corrected chi connectivity index (χ3v) is 20.6. The van der Waals surface area contributed by atoms with Crippen molar-refractivity contribution in [3.05, 3.63) is 71.9 Å². The predicted octanol–water partition coefficient (Wildman–Crippen LogP) is 10.0. The van der Waals surface area contributed by atoms with Crippen LogP contribution in [0.5, 0.6) is 5.75 Å². The zero-order valence-corrected chi connectivity index (χ0v) is 45.7. The summed E-state index contributed by atoms with van der Waals surface area (Å²) in [5.41, 5.74) is 2.89. The molecule has 1 aliphatic rings. The molecule has 1 aliphatic heterocycles. The fourth-order valence-electron chi connectivity index (χ4n) is 8.98. The second kappa shape index (κ2) is 25.6. The van der Waals surface area contributed by atoms with Crippen molar-refractivity contribution in [2.45, 2.75) is 173 Å². The largest absolute Gasteiger partial charge is 0.543 e. The van der Waals surface area contributed by atoms with Gasteiger partial charge in [0.15, 0.2) is 6.10 Å². The average molecular weight is 1080 g/mol. The van der Waals surface area contributed by atoms with Crippen molar-refractivity contribution in [2.24, 2.45) is 0 Å². The molecule has 0 saturated heterocycles. The molecule has 14 nitrogen and oxygen atoms in total. The Labute approximate surface area is 415 Å². The second-order valence-electron chi connectivity index (χ2n) is 19.7. The molecular weight excluding hydrogens is 1000 g/mol. The molecule has 1 aromatic heterocycles. The van der Waals surface area contributed by atoms with Crippen molar-refractivity contribution in [1.29, 1.82) is 0 Å². The van der Waals surface area contributed by atoms with Crippen LogP contribution < -0.4 is 25.7 Å². The highest BCUT2D eigenvalue weighted by Gasteiger charge is 2.47. The number of amides is 4. The lowest BCUT2D eigenvalue weighted by Gasteiger charge is -2.42. The van der Waals surface area contributed by atoms with Crippen LogP contribution in [0.1, 0.15) is 133 Å². The molecule has 67 heavy (non-hydrogen) atoms. The number of nitrogens with zero attached hydrogens (tertiary/aromatic N) is 1. The van der Waals surface area contributed by atoms with Gasteiger partial charge in [-0.25, -0.2) is 4.79 Å². The molecular formula is C50H75IN5O9PSi. The Kier molecular flexibility index (Phi) is 21.2. The van der Waals surface area contributed by atoms with Gasteiger partial charge in [0.1, 0.15) is 46.2 Å². The minimum atomic E-state index is -2.28. The Hall–Kier alpha value is -3.99.